The zero-order valence-corrected chi connectivity index (χ0v) is 9.64. The number of halogens is 1. The van der Waals surface area contributed by atoms with Crippen LogP contribution in [-0.4, -0.2) is 19.5 Å². The highest BCUT2D eigenvalue weighted by Gasteiger charge is 2.09. The van der Waals surface area contributed by atoms with Crippen LogP contribution in [0.2, 0.25) is 5.02 Å². The van der Waals surface area contributed by atoms with Crippen LogP contribution in [0.5, 0.6) is 0 Å². The third-order valence-electron chi connectivity index (χ3n) is 2.22. The molecule has 1 atom stereocenters. The molecule has 3 nitrogen and oxygen atoms in total. The topological polar surface area (TPSA) is 41.1 Å². The zero-order chi connectivity index (χ0) is 11.3. The molecule has 0 radical (unpaired) electrons. The maximum Gasteiger partial charge on any atom is 0.233 e. The summed E-state index contributed by atoms with van der Waals surface area (Å²) in [5.74, 6) is -0.0334. The fraction of sp³-hybridized carbons (Fsp3) is 0.364. The Balaban J connectivity index is 2.57. The van der Waals surface area contributed by atoms with E-state index in [1.807, 2.05) is 31.2 Å². The Hall–Kier alpha value is -1.06. The second kappa shape index (κ2) is 5.73. The third-order valence-corrected chi connectivity index (χ3v) is 2.56. The minimum absolute atomic E-state index is 0.0334. The summed E-state index contributed by atoms with van der Waals surface area (Å²) >= 11 is 6.03. The SMILES string of the molecule is CNC(=O)CN[C@H](C)c1ccccc1Cl. The van der Waals surface area contributed by atoms with Crippen LogP contribution in [0.1, 0.15) is 18.5 Å². The van der Waals surface area contributed by atoms with Crippen LogP contribution in [0.15, 0.2) is 24.3 Å². The molecule has 0 aliphatic carbocycles. The lowest BCUT2D eigenvalue weighted by Gasteiger charge is -2.14. The molecule has 1 aromatic rings. The number of rotatable bonds is 4. The monoisotopic (exact) mass is 226 g/mol. The van der Waals surface area contributed by atoms with Crippen molar-refractivity contribution in [1.29, 1.82) is 0 Å². The lowest BCUT2D eigenvalue weighted by molar-refractivity contribution is -0.119. The van der Waals surface area contributed by atoms with Gasteiger partial charge in [-0.3, -0.25) is 4.79 Å². The van der Waals surface area contributed by atoms with Gasteiger partial charge >= 0.3 is 0 Å². The lowest BCUT2D eigenvalue weighted by atomic mass is 10.1. The summed E-state index contributed by atoms with van der Waals surface area (Å²) in [7, 11) is 1.62. The van der Waals surface area contributed by atoms with E-state index < -0.39 is 0 Å². The van der Waals surface area contributed by atoms with E-state index >= 15 is 0 Å². The Morgan fingerprint density at radius 2 is 2.13 bits per heavy atom. The van der Waals surface area contributed by atoms with Gasteiger partial charge in [-0.15, -0.1) is 0 Å². The Morgan fingerprint density at radius 1 is 1.47 bits per heavy atom. The van der Waals surface area contributed by atoms with Crippen LogP contribution in [0.3, 0.4) is 0 Å². The molecule has 0 aliphatic heterocycles. The molecule has 0 heterocycles. The van der Waals surface area contributed by atoms with Crippen LogP contribution < -0.4 is 10.6 Å². The number of benzene rings is 1. The van der Waals surface area contributed by atoms with Crippen LogP contribution in [0.4, 0.5) is 0 Å². The number of hydrogen-bond acceptors (Lipinski definition) is 2. The smallest absolute Gasteiger partial charge is 0.233 e. The van der Waals surface area contributed by atoms with Crippen molar-refractivity contribution in [2.75, 3.05) is 13.6 Å². The van der Waals surface area contributed by atoms with Gasteiger partial charge in [-0.1, -0.05) is 29.8 Å². The highest BCUT2D eigenvalue weighted by molar-refractivity contribution is 6.31. The Morgan fingerprint density at radius 3 is 2.73 bits per heavy atom. The summed E-state index contributed by atoms with van der Waals surface area (Å²) in [5.41, 5.74) is 1.00. The molecular formula is C11H15ClN2O. The maximum atomic E-state index is 11.0. The van der Waals surface area contributed by atoms with Gasteiger partial charge in [-0.05, 0) is 18.6 Å². The van der Waals surface area contributed by atoms with Crippen molar-refractivity contribution < 1.29 is 4.79 Å². The zero-order valence-electron chi connectivity index (χ0n) is 8.88. The van der Waals surface area contributed by atoms with Crippen molar-refractivity contribution in [2.24, 2.45) is 0 Å². The van der Waals surface area contributed by atoms with E-state index in [-0.39, 0.29) is 11.9 Å². The van der Waals surface area contributed by atoms with Gasteiger partial charge in [0.15, 0.2) is 0 Å². The molecule has 0 fully saturated rings. The molecule has 0 unspecified atom stereocenters. The Labute approximate surface area is 94.8 Å². The number of hydrogen-bond donors (Lipinski definition) is 2. The summed E-state index contributed by atoms with van der Waals surface area (Å²) in [6.07, 6.45) is 0. The summed E-state index contributed by atoms with van der Waals surface area (Å²) < 4.78 is 0. The van der Waals surface area contributed by atoms with E-state index in [1.54, 1.807) is 7.05 Å². The highest BCUT2D eigenvalue weighted by atomic mass is 35.5. The average Bonchev–Trinajstić information content (AvgIpc) is 2.26. The van der Waals surface area contributed by atoms with Crippen LogP contribution in [0.25, 0.3) is 0 Å². The van der Waals surface area contributed by atoms with Gasteiger partial charge in [-0.2, -0.15) is 0 Å². The normalized spacial score (nSPS) is 12.2. The van der Waals surface area contributed by atoms with E-state index in [1.165, 1.54) is 0 Å². The number of likely N-dealkylation sites (N-methyl/N-ethyl adjacent to an activating group) is 1. The van der Waals surface area contributed by atoms with Crippen molar-refractivity contribution in [3.8, 4) is 0 Å². The molecule has 82 valence electrons. The van der Waals surface area contributed by atoms with Gasteiger partial charge in [-0.25, -0.2) is 0 Å². The van der Waals surface area contributed by atoms with Gasteiger partial charge < -0.3 is 10.6 Å². The number of amides is 1. The van der Waals surface area contributed by atoms with E-state index in [2.05, 4.69) is 10.6 Å². The molecule has 0 aromatic heterocycles. The Bertz CT molecular complexity index is 341. The quantitative estimate of drug-likeness (QED) is 0.821. The van der Waals surface area contributed by atoms with E-state index in [0.29, 0.717) is 6.54 Å². The Kier molecular flexibility index (Phi) is 4.59. The van der Waals surface area contributed by atoms with Crippen LogP contribution >= 0.6 is 11.6 Å². The fourth-order valence-corrected chi connectivity index (χ4v) is 1.57. The average molecular weight is 227 g/mol. The molecule has 1 rings (SSSR count). The number of carbonyl (C=O) groups excluding carboxylic acids is 1. The summed E-state index contributed by atoms with van der Waals surface area (Å²) in [5, 5.41) is 6.36. The summed E-state index contributed by atoms with van der Waals surface area (Å²) in [4.78, 5) is 11.0. The molecule has 4 heteroatoms. The molecule has 1 aromatic carbocycles. The first-order valence-electron chi connectivity index (χ1n) is 4.83. The molecular weight excluding hydrogens is 212 g/mol. The van der Waals surface area contributed by atoms with E-state index in [9.17, 15) is 4.79 Å². The van der Waals surface area contributed by atoms with Gasteiger partial charge in [0.2, 0.25) is 5.91 Å². The van der Waals surface area contributed by atoms with E-state index in [0.717, 1.165) is 10.6 Å². The standard InChI is InChI=1S/C11H15ClN2O/c1-8(14-7-11(15)13-2)9-5-3-4-6-10(9)12/h3-6,8,14H,7H2,1-2H3,(H,13,15)/t8-/m1/s1. The third kappa shape index (κ3) is 3.53. The van der Waals surface area contributed by atoms with Gasteiger partial charge in [0.25, 0.3) is 0 Å². The van der Waals surface area contributed by atoms with Gasteiger partial charge in [0.1, 0.15) is 0 Å². The van der Waals surface area contributed by atoms with Crippen LogP contribution in [0, 0.1) is 0 Å². The van der Waals surface area contributed by atoms with Crippen LogP contribution in [-0.2, 0) is 4.79 Å². The fourth-order valence-electron chi connectivity index (χ4n) is 1.27. The molecule has 0 aliphatic rings. The second-order valence-corrected chi connectivity index (χ2v) is 3.70. The summed E-state index contributed by atoms with van der Waals surface area (Å²) in [6.45, 7) is 2.27. The minimum atomic E-state index is -0.0334. The van der Waals surface area contributed by atoms with Crippen molar-refractivity contribution in [1.82, 2.24) is 10.6 Å². The molecule has 0 spiro atoms. The maximum absolute atomic E-state index is 11.0. The molecule has 0 saturated carbocycles. The first-order valence-corrected chi connectivity index (χ1v) is 5.21. The molecule has 2 N–H and O–H groups in total. The first-order chi connectivity index (χ1) is 7.15. The van der Waals surface area contributed by atoms with E-state index in [4.69, 9.17) is 11.6 Å². The molecule has 0 saturated heterocycles. The van der Waals surface area contributed by atoms with Gasteiger partial charge in [0.05, 0.1) is 6.54 Å². The number of nitrogens with one attached hydrogen (secondary N) is 2. The van der Waals surface area contributed by atoms with Crippen molar-refractivity contribution in [3.63, 3.8) is 0 Å². The lowest BCUT2D eigenvalue weighted by Crippen LogP contribution is -2.32. The molecule has 15 heavy (non-hydrogen) atoms. The van der Waals surface area contributed by atoms with Crippen molar-refractivity contribution in [2.45, 2.75) is 13.0 Å². The first kappa shape index (κ1) is 12.0. The largest absolute Gasteiger partial charge is 0.358 e. The second-order valence-electron chi connectivity index (χ2n) is 3.30. The predicted octanol–water partition coefficient (Wildman–Crippen LogP) is 1.74. The summed E-state index contributed by atoms with van der Waals surface area (Å²) in [6, 6.07) is 7.67. The van der Waals surface area contributed by atoms with Crippen molar-refractivity contribution in [3.05, 3.63) is 34.9 Å². The van der Waals surface area contributed by atoms with Gasteiger partial charge in [0, 0.05) is 18.1 Å². The highest BCUT2D eigenvalue weighted by Crippen LogP contribution is 2.21. The molecule has 0 bridgehead atoms. The van der Waals surface area contributed by atoms with Crippen molar-refractivity contribution >= 4 is 17.5 Å². The predicted molar refractivity (Wildman–Crippen MR) is 61.9 cm³/mol. The molecule has 1 amide bonds. The minimum Gasteiger partial charge on any atom is -0.358 e. The number of carbonyl (C=O) groups is 1.